The minimum absolute atomic E-state index is 0.0164. The monoisotopic (exact) mass is 269 g/mol. The molecule has 2 rings (SSSR count). The van der Waals surface area contributed by atoms with Crippen molar-refractivity contribution in [3.05, 3.63) is 65.2 Å². The van der Waals surface area contributed by atoms with Gasteiger partial charge in [-0.25, -0.2) is 0 Å². The molecule has 2 aromatic carbocycles. The first-order valence-electron chi connectivity index (χ1n) is 7.16. The average Bonchev–Trinajstić information content (AvgIpc) is 2.47. The number of aryl methyl sites for hydroxylation is 2. The lowest BCUT2D eigenvalue weighted by molar-refractivity contribution is 0.170. The Morgan fingerprint density at radius 1 is 1.00 bits per heavy atom. The van der Waals surface area contributed by atoms with E-state index in [1.165, 1.54) is 5.56 Å². The number of hydrogen-bond acceptors (Lipinski definition) is 2. The van der Waals surface area contributed by atoms with Crippen molar-refractivity contribution in [3.8, 4) is 5.75 Å². The third-order valence-corrected chi connectivity index (χ3v) is 3.61. The van der Waals surface area contributed by atoms with E-state index in [1.807, 2.05) is 18.2 Å². The van der Waals surface area contributed by atoms with Crippen LogP contribution in [-0.2, 0) is 0 Å². The molecule has 2 nitrogen and oxygen atoms in total. The quantitative estimate of drug-likeness (QED) is 0.884. The molecule has 0 saturated carbocycles. The van der Waals surface area contributed by atoms with Gasteiger partial charge >= 0.3 is 0 Å². The van der Waals surface area contributed by atoms with Crippen LogP contribution in [0, 0.1) is 13.8 Å². The zero-order chi connectivity index (χ0) is 14.5. The van der Waals surface area contributed by atoms with Gasteiger partial charge in [-0.15, -0.1) is 0 Å². The SMILES string of the molecule is CCC(N)C(Oc1ccccc1C)c1ccc(C)cc1. The number of rotatable bonds is 5. The highest BCUT2D eigenvalue weighted by molar-refractivity contribution is 5.33. The molecule has 0 amide bonds. The van der Waals surface area contributed by atoms with Crippen molar-refractivity contribution < 1.29 is 4.74 Å². The van der Waals surface area contributed by atoms with Crippen molar-refractivity contribution in [1.82, 2.24) is 0 Å². The van der Waals surface area contributed by atoms with Gasteiger partial charge in [0.25, 0.3) is 0 Å². The molecule has 0 bridgehead atoms. The third-order valence-electron chi connectivity index (χ3n) is 3.61. The summed E-state index contributed by atoms with van der Waals surface area (Å²) >= 11 is 0. The van der Waals surface area contributed by atoms with E-state index in [0.717, 1.165) is 23.3 Å². The van der Waals surface area contributed by atoms with Crippen LogP contribution >= 0.6 is 0 Å². The normalized spacial score (nSPS) is 13.8. The van der Waals surface area contributed by atoms with Crippen LogP contribution in [0.25, 0.3) is 0 Å². The molecule has 0 aliphatic heterocycles. The second-order valence-corrected chi connectivity index (χ2v) is 5.29. The fourth-order valence-corrected chi connectivity index (χ4v) is 2.20. The summed E-state index contributed by atoms with van der Waals surface area (Å²) in [5.41, 5.74) is 9.77. The first kappa shape index (κ1) is 14.6. The van der Waals surface area contributed by atoms with Gasteiger partial charge in [0.15, 0.2) is 0 Å². The molecule has 0 fully saturated rings. The minimum Gasteiger partial charge on any atom is -0.484 e. The van der Waals surface area contributed by atoms with Crippen molar-refractivity contribution in [2.24, 2.45) is 5.73 Å². The Kier molecular flexibility index (Phi) is 4.80. The number of para-hydroxylation sites is 1. The predicted molar refractivity (Wildman–Crippen MR) is 84.0 cm³/mol. The highest BCUT2D eigenvalue weighted by Gasteiger charge is 2.21. The predicted octanol–water partition coefficient (Wildman–Crippen LogP) is 4.16. The summed E-state index contributed by atoms with van der Waals surface area (Å²) in [7, 11) is 0. The fourth-order valence-electron chi connectivity index (χ4n) is 2.20. The number of nitrogens with two attached hydrogens (primary N) is 1. The van der Waals surface area contributed by atoms with Crippen molar-refractivity contribution in [2.75, 3.05) is 0 Å². The number of ether oxygens (including phenoxy) is 1. The van der Waals surface area contributed by atoms with Crippen LogP contribution in [0.2, 0.25) is 0 Å². The molecule has 2 heteroatoms. The molecular formula is C18H23NO. The minimum atomic E-state index is -0.110. The van der Waals surface area contributed by atoms with Gasteiger partial charge in [-0.2, -0.15) is 0 Å². The van der Waals surface area contributed by atoms with Crippen LogP contribution in [0.5, 0.6) is 5.75 Å². The molecule has 0 radical (unpaired) electrons. The summed E-state index contributed by atoms with van der Waals surface area (Å²) < 4.78 is 6.20. The largest absolute Gasteiger partial charge is 0.484 e. The summed E-state index contributed by atoms with van der Waals surface area (Å²) in [5, 5.41) is 0. The molecule has 0 spiro atoms. The molecule has 2 N–H and O–H groups in total. The molecule has 2 unspecified atom stereocenters. The molecule has 0 aliphatic rings. The smallest absolute Gasteiger partial charge is 0.139 e. The van der Waals surface area contributed by atoms with Crippen LogP contribution in [0.1, 0.15) is 36.1 Å². The zero-order valence-electron chi connectivity index (χ0n) is 12.5. The third kappa shape index (κ3) is 3.40. The van der Waals surface area contributed by atoms with E-state index < -0.39 is 0 Å². The highest BCUT2D eigenvalue weighted by Crippen LogP contribution is 2.27. The van der Waals surface area contributed by atoms with Gasteiger partial charge in [0.1, 0.15) is 11.9 Å². The standard InChI is InChI=1S/C18H23NO/c1-4-16(19)18(15-11-9-13(2)10-12-15)20-17-8-6-5-7-14(17)3/h5-12,16,18H,4,19H2,1-3H3. The molecule has 2 atom stereocenters. The Bertz CT molecular complexity index is 548. The van der Waals surface area contributed by atoms with Gasteiger partial charge in [0.2, 0.25) is 0 Å². The number of hydrogen-bond donors (Lipinski definition) is 1. The van der Waals surface area contributed by atoms with Crippen LogP contribution < -0.4 is 10.5 Å². The molecular weight excluding hydrogens is 246 g/mol. The van der Waals surface area contributed by atoms with E-state index in [9.17, 15) is 0 Å². The Morgan fingerprint density at radius 2 is 1.65 bits per heavy atom. The molecule has 0 heterocycles. The summed E-state index contributed by atoms with van der Waals surface area (Å²) in [6, 6.07) is 16.5. The second kappa shape index (κ2) is 6.58. The maximum Gasteiger partial charge on any atom is 0.139 e. The first-order chi connectivity index (χ1) is 9.61. The lowest BCUT2D eigenvalue weighted by Gasteiger charge is -2.25. The Morgan fingerprint density at radius 3 is 2.25 bits per heavy atom. The van der Waals surface area contributed by atoms with Gasteiger partial charge in [-0.1, -0.05) is 55.0 Å². The van der Waals surface area contributed by atoms with Crippen LogP contribution in [0.15, 0.2) is 48.5 Å². The molecule has 0 aliphatic carbocycles. The van der Waals surface area contributed by atoms with E-state index in [2.05, 4.69) is 51.1 Å². The lowest BCUT2D eigenvalue weighted by Crippen LogP contribution is -2.31. The Hall–Kier alpha value is -1.80. The Balaban J connectivity index is 2.29. The fraction of sp³-hybridized carbons (Fsp3) is 0.333. The van der Waals surface area contributed by atoms with Gasteiger partial charge in [-0.3, -0.25) is 0 Å². The van der Waals surface area contributed by atoms with Crippen molar-refractivity contribution in [3.63, 3.8) is 0 Å². The van der Waals surface area contributed by atoms with E-state index >= 15 is 0 Å². The Labute approximate surface area is 121 Å². The maximum absolute atomic E-state index is 6.26. The van der Waals surface area contributed by atoms with E-state index in [1.54, 1.807) is 0 Å². The second-order valence-electron chi connectivity index (χ2n) is 5.29. The van der Waals surface area contributed by atoms with E-state index in [4.69, 9.17) is 10.5 Å². The van der Waals surface area contributed by atoms with E-state index in [-0.39, 0.29) is 12.1 Å². The number of benzene rings is 2. The summed E-state index contributed by atoms with van der Waals surface area (Å²) in [4.78, 5) is 0. The summed E-state index contributed by atoms with van der Waals surface area (Å²) in [6.45, 7) is 6.23. The van der Waals surface area contributed by atoms with Gasteiger partial charge < -0.3 is 10.5 Å². The van der Waals surface area contributed by atoms with Crippen molar-refractivity contribution in [2.45, 2.75) is 39.3 Å². The molecule has 0 saturated heterocycles. The van der Waals surface area contributed by atoms with E-state index in [0.29, 0.717) is 0 Å². The summed E-state index contributed by atoms with van der Waals surface area (Å²) in [5.74, 6) is 0.905. The van der Waals surface area contributed by atoms with Gasteiger partial charge in [0.05, 0.1) is 0 Å². The van der Waals surface area contributed by atoms with Crippen molar-refractivity contribution >= 4 is 0 Å². The average molecular weight is 269 g/mol. The highest BCUT2D eigenvalue weighted by atomic mass is 16.5. The first-order valence-corrected chi connectivity index (χ1v) is 7.16. The van der Waals surface area contributed by atoms with Crippen LogP contribution in [0.4, 0.5) is 0 Å². The van der Waals surface area contributed by atoms with Crippen LogP contribution in [-0.4, -0.2) is 6.04 Å². The molecule has 0 aromatic heterocycles. The van der Waals surface area contributed by atoms with Gasteiger partial charge in [0, 0.05) is 6.04 Å². The molecule has 20 heavy (non-hydrogen) atoms. The zero-order valence-corrected chi connectivity index (χ0v) is 12.5. The van der Waals surface area contributed by atoms with Crippen LogP contribution in [0.3, 0.4) is 0 Å². The lowest BCUT2D eigenvalue weighted by atomic mass is 9.99. The summed E-state index contributed by atoms with van der Waals surface area (Å²) in [6.07, 6.45) is 0.770. The molecule has 2 aromatic rings. The van der Waals surface area contributed by atoms with Gasteiger partial charge in [-0.05, 0) is 37.5 Å². The molecule has 106 valence electrons. The maximum atomic E-state index is 6.26. The van der Waals surface area contributed by atoms with Crippen molar-refractivity contribution in [1.29, 1.82) is 0 Å². The topological polar surface area (TPSA) is 35.2 Å².